The Hall–Kier alpha value is -0.810. The van der Waals surface area contributed by atoms with Crippen molar-refractivity contribution in [2.45, 2.75) is 22.0 Å². The topological polar surface area (TPSA) is 61.4 Å². The molecular weight excluding hydrogens is 363 g/mol. The molecule has 0 aliphatic carbocycles. The Morgan fingerprint density at radius 2 is 1.83 bits per heavy atom. The van der Waals surface area contributed by atoms with Crippen molar-refractivity contribution in [3.05, 3.63) is 24.3 Å². The highest BCUT2D eigenvalue weighted by Crippen LogP contribution is 2.25. The summed E-state index contributed by atoms with van der Waals surface area (Å²) in [7, 11) is -3.98. The average Bonchev–Trinajstić information content (AvgIpc) is 2.54. The number of hydrogen-bond donors (Lipinski definition) is 2. The van der Waals surface area contributed by atoms with Crippen LogP contribution in [-0.2, 0) is 10.0 Å². The molecule has 1 aliphatic heterocycles. The summed E-state index contributed by atoms with van der Waals surface area (Å²) in [5.41, 5.74) is 0. The van der Waals surface area contributed by atoms with Crippen LogP contribution in [0.25, 0.3) is 0 Å². The molecule has 1 unspecified atom stereocenters. The van der Waals surface area contributed by atoms with Crippen LogP contribution in [0.15, 0.2) is 34.1 Å². The van der Waals surface area contributed by atoms with E-state index in [2.05, 4.69) is 10.0 Å². The molecule has 2 N–H and O–H groups in total. The van der Waals surface area contributed by atoms with Gasteiger partial charge in [0.15, 0.2) is 0 Å². The molecule has 0 bridgehead atoms. The maximum Gasteiger partial charge on any atom is 0.405 e. The molecule has 1 fully saturated rings. The average molecular weight is 383 g/mol. The normalized spacial score (nSPS) is 18.5. The second-order valence-electron chi connectivity index (χ2n) is 5.37. The van der Waals surface area contributed by atoms with Gasteiger partial charge < -0.3 is 5.32 Å². The zero-order valence-electron chi connectivity index (χ0n) is 13.1. The van der Waals surface area contributed by atoms with E-state index in [1.54, 1.807) is 12.1 Å². The smallest absolute Gasteiger partial charge is 0.314 e. The predicted octanol–water partition coefficient (Wildman–Crippen LogP) is 1.52. The van der Waals surface area contributed by atoms with Crippen LogP contribution in [-0.4, -0.2) is 64.5 Å². The van der Waals surface area contributed by atoms with Gasteiger partial charge in [0.25, 0.3) is 0 Å². The SMILES string of the molecule is CSc1ccc(S(=O)(=O)NCC(N2CCNCC2)C(F)(F)F)cc1. The van der Waals surface area contributed by atoms with Crippen molar-refractivity contribution in [1.29, 1.82) is 0 Å². The van der Waals surface area contributed by atoms with Crippen molar-refractivity contribution in [3.8, 4) is 0 Å². The predicted molar refractivity (Wildman–Crippen MR) is 87.7 cm³/mol. The van der Waals surface area contributed by atoms with Gasteiger partial charge in [-0.25, -0.2) is 13.1 Å². The van der Waals surface area contributed by atoms with E-state index in [9.17, 15) is 21.6 Å². The van der Waals surface area contributed by atoms with E-state index in [4.69, 9.17) is 0 Å². The number of halogens is 3. The second kappa shape index (κ2) is 8.05. The molecule has 1 atom stereocenters. The molecule has 1 aromatic carbocycles. The first-order chi connectivity index (χ1) is 11.2. The number of sulfonamides is 1. The van der Waals surface area contributed by atoms with E-state index >= 15 is 0 Å². The number of thioether (sulfide) groups is 1. The summed E-state index contributed by atoms with van der Waals surface area (Å²) in [6, 6.07) is 4.19. The lowest BCUT2D eigenvalue weighted by Gasteiger charge is -2.35. The van der Waals surface area contributed by atoms with Crippen molar-refractivity contribution in [2.75, 3.05) is 39.0 Å². The van der Waals surface area contributed by atoms with Crippen molar-refractivity contribution < 1.29 is 21.6 Å². The van der Waals surface area contributed by atoms with Crippen molar-refractivity contribution in [1.82, 2.24) is 14.9 Å². The highest BCUT2D eigenvalue weighted by Gasteiger charge is 2.44. The fourth-order valence-corrected chi connectivity index (χ4v) is 3.92. The largest absolute Gasteiger partial charge is 0.405 e. The highest BCUT2D eigenvalue weighted by molar-refractivity contribution is 7.98. The summed E-state index contributed by atoms with van der Waals surface area (Å²) < 4.78 is 66.4. The summed E-state index contributed by atoms with van der Waals surface area (Å²) in [5, 5.41) is 2.98. The summed E-state index contributed by atoms with van der Waals surface area (Å²) in [6.07, 6.45) is -2.65. The molecule has 1 saturated heterocycles. The maximum atomic E-state index is 13.3. The van der Waals surface area contributed by atoms with Gasteiger partial charge in [0, 0.05) is 37.6 Å². The highest BCUT2D eigenvalue weighted by atomic mass is 32.2. The molecule has 136 valence electrons. The van der Waals surface area contributed by atoms with Gasteiger partial charge >= 0.3 is 6.18 Å². The Balaban J connectivity index is 2.08. The van der Waals surface area contributed by atoms with Crippen LogP contribution in [0.4, 0.5) is 13.2 Å². The quantitative estimate of drug-likeness (QED) is 0.730. The lowest BCUT2D eigenvalue weighted by molar-refractivity contribution is -0.182. The molecule has 2 rings (SSSR count). The summed E-state index contributed by atoms with van der Waals surface area (Å²) in [5.74, 6) is 0. The molecule has 0 aromatic heterocycles. The van der Waals surface area contributed by atoms with Gasteiger partial charge in [0.05, 0.1) is 4.90 Å². The Bertz CT molecular complexity index is 630. The van der Waals surface area contributed by atoms with Crippen molar-refractivity contribution >= 4 is 21.8 Å². The van der Waals surface area contributed by atoms with Gasteiger partial charge in [-0.15, -0.1) is 11.8 Å². The fraction of sp³-hybridized carbons (Fsp3) is 0.571. The number of nitrogens with zero attached hydrogens (tertiary/aromatic N) is 1. The molecular formula is C14H20F3N3O2S2. The van der Waals surface area contributed by atoms with E-state index < -0.39 is 28.8 Å². The molecule has 10 heteroatoms. The van der Waals surface area contributed by atoms with Crippen LogP contribution in [0.5, 0.6) is 0 Å². The van der Waals surface area contributed by atoms with Crippen molar-refractivity contribution in [2.24, 2.45) is 0 Å². The monoisotopic (exact) mass is 383 g/mol. The lowest BCUT2D eigenvalue weighted by Crippen LogP contribution is -2.57. The lowest BCUT2D eigenvalue weighted by atomic mass is 10.2. The number of hydrogen-bond acceptors (Lipinski definition) is 5. The third kappa shape index (κ3) is 5.09. The van der Waals surface area contributed by atoms with Gasteiger partial charge in [-0.1, -0.05) is 0 Å². The Kier molecular flexibility index (Phi) is 6.54. The summed E-state index contributed by atoms with van der Waals surface area (Å²) in [6.45, 7) is 0.670. The van der Waals surface area contributed by atoms with Crippen LogP contribution in [0.3, 0.4) is 0 Å². The van der Waals surface area contributed by atoms with Gasteiger partial charge in [0.2, 0.25) is 10.0 Å². The molecule has 5 nitrogen and oxygen atoms in total. The summed E-state index contributed by atoms with van der Waals surface area (Å²) >= 11 is 1.45. The minimum Gasteiger partial charge on any atom is -0.314 e. The molecule has 0 radical (unpaired) electrons. The van der Waals surface area contributed by atoms with Gasteiger partial charge in [-0.05, 0) is 30.5 Å². The van der Waals surface area contributed by atoms with Crippen molar-refractivity contribution in [3.63, 3.8) is 0 Å². The van der Waals surface area contributed by atoms with Gasteiger partial charge in [-0.3, -0.25) is 4.90 Å². The Labute approximate surface area is 144 Å². The molecule has 0 spiro atoms. The fourth-order valence-electron chi connectivity index (χ4n) is 2.47. The Morgan fingerprint density at radius 1 is 1.25 bits per heavy atom. The van der Waals surface area contributed by atoms with E-state index in [-0.39, 0.29) is 18.0 Å². The minimum atomic E-state index is -4.50. The zero-order valence-corrected chi connectivity index (χ0v) is 14.8. The number of rotatable bonds is 6. The number of nitrogens with one attached hydrogen (secondary N) is 2. The number of benzene rings is 1. The first-order valence-corrected chi connectivity index (χ1v) is 10.1. The number of piperazine rings is 1. The molecule has 0 saturated carbocycles. The van der Waals surface area contributed by atoms with Crippen LogP contribution in [0, 0.1) is 0 Å². The standard InChI is InChI=1S/C14H20F3N3O2S2/c1-23-11-2-4-12(5-3-11)24(21,22)19-10-13(14(15,16)17)20-8-6-18-7-9-20/h2-5,13,18-19H,6-10H2,1H3. The van der Waals surface area contributed by atoms with Gasteiger partial charge in [0.1, 0.15) is 6.04 Å². The molecule has 1 aromatic rings. The molecule has 1 aliphatic rings. The minimum absolute atomic E-state index is 0.0402. The third-order valence-electron chi connectivity index (χ3n) is 3.81. The van der Waals surface area contributed by atoms with E-state index in [0.29, 0.717) is 13.1 Å². The van der Waals surface area contributed by atoms with Crippen LogP contribution >= 0.6 is 11.8 Å². The van der Waals surface area contributed by atoms with E-state index in [1.807, 2.05) is 6.26 Å². The molecule has 1 heterocycles. The zero-order chi connectivity index (χ0) is 17.8. The Morgan fingerprint density at radius 3 is 2.33 bits per heavy atom. The first kappa shape index (κ1) is 19.5. The first-order valence-electron chi connectivity index (χ1n) is 7.39. The molecule has 0 amide bonds. The summed E-state index contributed by atoms with van der Waals surface area (Å²) in [4.78, 5) is 2.10. The maximum absolute atomic E-state index is 13.3. The third-order valence-corrected chi connectivity index (χ3v) is 5.99. The van der Waals surface area contributed by atoms with Crippen LogP contribution in [0.1, 0.15) is 0 Å². The second-order valence-corrected chi connectivity index (χ2v) is 8.02. The number of alkyl halides is 3. The molecule has 24 heavy (non-hydrogen) atoms. The van der Waals surface area contributed by atoms with E-state index in [1.165, 1.54) is 28.8 Å². The van der Waals surface area contributed by atoms with Crippen LogP contribution in [0.2, 0.25) is 0 Å². The van der Waals surface area contributed by atoms with E-state index in [0.717, 1.165) is 4.90 Å². The van der Waals surface area contributed by atoms with Crippen LogP contribution < -0.4 is 10.0 Å². The van der Waals surface area contributed by atoms with Gasteiger partial charge in [-0.2, -0.15) is 13.2 Å².